The van der Waals surface area contributed by atoms with Gasteiger partial charge < -0.3 is 16.4 Å². The van der Waals surface area contributed by atoms with Crippen LogP contribution >= 0.6 is 0 Å². The van der Waals surface area contributed by atoms with Crippen LogP contribution in [0.4, 0.5) is 17.1 Å². The van der Waals surface area contributed by atoms with Crippen LogP contribution in [0.1, 0.15) is 12.5 Å². The maximum absolute atomic E-state index is 11.3. The van der Waals surface area contributed by atoms with Crippen LogP contribution in [0.2, 0.25) is 0 Å². The van der Waals surface area contributed by atoms with Crippen LogP contribution in [0.3, 0.4) is 0 Å². The summed E-state index contributed by atoms with van der Waals surface area (Å²) in [6, 6.07) is 3.64. The predicted octanol–water partition coefficient (Wildman–Crippen LogP) is 0.942. The second-order valence-corrected chi connectivity index (χ2v) is 6.31. The molecule has 1 aliphatic heterocycles. The van der Waals surface area contributed by atoms with E-state index >= 15 is 0 Å². The van der Waals surface area contributed by atoms with E-state index in [1.807, 2.05) is 19.1 Å². The smallest absolute Gasteiger partial charge is 0.228 e. The average molecular weight is 267 g/mol. The molecule has 1 amide bonds. The number of amides is 1. The van der Waals surface area contributed by atoms with Gasteiger partial charge in [-0.05, 0) is 24.6 Å². The maximum atomic E-state index is 11.3. The number of carbonyl (C=O) groups excluding carboxylic acids is 1. The van der Waals surface area contributed by atoms with Crippen molar-refractivity contribution in [3.8, 4) is 0 Å². The highest BCUT2D eigenvalue weighted by Gasteiger charge is 2.19. The molecule has 0 radical (unpaired) electrons. The third-order valence-electron chi connectivity index (χ3n) is 3.05. The third-order valence-corrected chi connectivity index (χ3v) is 4.35. The van der Waals surface area contributed by atoms with Crippen LogP contribution in [0.5, 0.6) is 0 Å². The molecule has 0 aliphatic carbocycles. The molecule has 0 saturated carbocycles. The van der Waals surface area contributed by atoms with Gasteiger partial charge in [-0.25, -0.2) is 0 Å². The van der Waals surface area contributed by atoms with E-state index in [0.717, 1.165) is 16.9 Å². The number of nitrogens with one attached hydrogen (secondary N) is 2. The van der Waals surface area contributed by atoms with E-state index in [2.05, 4.69) is 10.6 Å². The van der Waals surface area contributed by atoms with Gasteiger partial charge in [0, 0.05) is 34.5 Å². The number of nitrogen functional groups attached to an aromatic ring is 1. The van der Waals surface area contributed by atoms with Gasteiger partial charge in [-0.15, -0.1) is 0 Å². The van der Waals surface area contributed by atoms with Gasteiger partial charge in [0.15, 0.2) is 0 Å². The van der Waals surface area contributed by atoms with E-state index in [1.165, 1.54) is 0 Å². The summed E-state index contributed by atoms with van der Waals surface area (Å²) >= 11 is 0. The zero-order chi connectivity index (χ0) is 13.3. The van der Waals surface area contributed by atoms with Crippen molar-refractivity contribution in [2.75, 3.05) is 29.2 Å². The fourth-order valence-electron chi connectivity index (χ4n) is 1.82. The van der Waals surface area contributed by atoms with Crippen molar-refractivity contribution < 1.29 is 9.00 Å². The summed E-state index contributed by atoms with van der Waals surface area (Å²) < 4.78 is 11.3. The van der Waals surface area contributed by atoms with Crippen molar-refractivity contribution in [3.05, 3.63) is 17.7 Å². The minimum absolute atomic E-state index is 0.00965. The molecule has 0 fully saturated rings. The normalized spacial score (nSPS) is 16.9. The topological polar surface area (TPSA) is 84.2 Å². The summed E-state index contributed by atoms with van der Waals surface area (Å²) in [5.41, 5.74) is 9.04. The number of carbonyl (C=O) groups is 1. The van der Waals surface area contributed by atoms with E-state index in [4.69, 9.17) is 5.73 Å². The van der Waals surface area contributed by atoms with Gasteiger partial charge in [-0.1, -0.05) is 0 Å². The van der Waals surface area contributed by atoms with Gasteiger partial charge in [0.2, 0.25) is 5.91 Å². The van der Waals surface area contributed by atoms with Crippen LogP contribution in [0.15, 0.2) is 12.1 Å². The molecule has 4 N–H and O–H groups in total. The first-order chi connectivity index (χ1) is 8.47. The Hall–Kier alpha value is -1.56. The maximum Gasteiger partial charge on any atom is 0.228 e. The SMILES string of the molecule is CC(CNc1cc2c(cc1N)CC(=O)N2)S(C)=O. The average Bonchev–Trinajstić information content (AvgIpc) is 2.64. The van der Waals surface area contributed by atoms with Crippen molar-refractivity contribution in [1.82, 2.24) is 0 Å². The lowest BCUT2D eigenvalue weighted by molar-refractivity contribution is -0.115. The molecule has 2 atom stereocenters. The first kappa shape index (κ1) is 12.9. The number of fused-ring (bicyclic) bond motifs is 1. The van der Waals surface area contributed by atoms with Crippen molar-refractivity contribution in [2.45, 2.75) is 18.6 Å². The highest BCUT2D eigenvalue weighted by atomic mass is 32.2. The van der Waals surface area contributed by atoms with E-state index in [1.54, 1.807) is 6.26 Å². The Bertz CT molecular complexity index is 516. The Balaban J connectivity index is 2.13. The molecule has 1 aromatic rings. The number of hydrogen-bond acceptors (Lipinski definition) is 4. The molecule has 0 bridgehead atoms. The predicted molar refractivity (Wildman–Crippen MR) is 75.2 cm³/mol. The van der Waals surface area contributed by atoms with Crippen molar-refractivity contribution in [1.29, 1.82) is 0 Å². The van der Waals surface area contributed by atoms with Gasteiger partial charge in [-0.3, -0.25) is 9.00 Å². The minimum Gasteiger partial charge on any atom is -0.397 e. The molecule has 0 spiro atoms. The molecule has 1 aliphatic rings. The Morgan fingerprint density at radius 2 is 2.28 bits per heavy atom. The molecular formula is C12H17N3O2S. The summed E-state index contributed by atoms with van der Waals surface area (Å²) in [6.45, 7) is 2.49. The molecule has 5 nitrogen and oxygen atoms in total. The molecule has 98 valence electrons. The first-order valence-corrected chi connectivity index (χ1v) is 7.38. The highest BCUT2D eigenvalue weighted by Crippen LogP contribution is 2.31. The summed E-state index contributed by atoms with van der Waals surface area (Å²) in [5.74, 6) is -0.00965. The van der Waals surface area contributed by atoms with E-state index in [0.29, 0.717) is 18.7 Å². The van der Waals surface area contributed by atoms with Crippen molar-refractivity contribution in [3.63, 3.8) is 0 Å². The lowest BCUT2D eigenvalue weighted by Gasteiger charge is -2.14. The minimum atomic E-state index is -0.869. The quantitative estimate of drug-likeness (QED) is 0.709. The monoisotopic (exact) mass is 267 g/mol. The number of anilines is 3. The fourth-order valence-corrected chi connectivity index (χ4v) is 2.14. The molecule has 1 heterocycles. The Morgan fingerprint density at radius 1 is 1.56 bits per heavy atom. The highest BCUT2D eigenvalue weighted by molar-refractivity contribution is 7.84. The zero-order valence-electron chi connectivity index (χ0n) is 10.4. The van der Waals surface area contributed by atoms with E-state index in [-0.39, 0.29) is 11.2 Å². The Morgan fingerprint density at radius 3 is 2.94 bits per heavy atom. The molecule has 0 saturated heterocycles. The van der Waals surface area contributed by atoms with Gasteiger partial charge >= 0.3 is 0 Å². The van der Waals surface area contributed by atoms with Gasteiger partial charge in [-0.2, -0.15) is 0 Å². The molecule has 6 heteroatoms. The molecule has 2 unspecified atom stereocenters. The molecular weight excluding hydrogens is 250 g/mol. The number of hydrogen-bond donors (Lipinski definition) is 3. The largest absolute Gasteiger partial charge is 0.397 e. The number of benzene rings is 1. The number of rotatable bonds is 4. The van der Waals surface area contributed by atoms with Crippen LogP contribution in [-0.4, -0.2) is 28.2 Å². The standard InChI is InChI=1S/C12H17N3O2S/c1-7(18(2)17)6-14-11-5-10-8(3-9(11)13)4-12(16)15-10/h3,5,7,14H,4,6,13H2,1-2H3,(H,15,16). The van der Waals surface area contributed by atoms with Crippen LogP contribution in [0, 0.1) is 0 Å². The molecule has 18 heavy (non-hydrogen) atoms. The molecule has 1 aromatic carbocycles. The molecule has 0 aromatic heterocycles. The zero-order valence-corrected chi connectivity index (χ0v) is 11.3. The van der Waals surface area contributed by atoms with E-state index < -0.39 is 10.8 Å². The fraction of sp³-hybridized carbons (Fsp3) is 0.417. The third kappa shape index (κ3) is 2.64. The van der Waals surface area contributed by atoms with Gasteiger partial charge in [0.25, 0.3) is 0 Å². The van der Waals surface area contributed by atoms with Crippen LogP contribution in [0.25, 0.3) is 0 Å². The molecule has 2 rings (SSSR count). The summed E-state index contributed by atoms with van der Waals surface area (Å²) in [7, 11) is -0.869. The second kappa shape index (κ2) is 4.97. The Labute approximate surface area is 109 Å². The lowest BCUT2D eigenvalue weighted by atomic mass is 10.1. The Kier molecular flexibility index (Phi) is 3.56. The van der Waals surface area contributed by atoms with Gasteiger partial charge in [0.1, 0.15) is 0 Å². The van der Waals surface area contributed by atoms with Gasteiger partial charge in [0.05, 0.1) is 17.8 Å². The van der Waals surface area contributed by atoms with Crippen LogP contribution in [-0.2, 0) is 22.0 Å². The van der Waals surface area contributed by atoms with Crippen molar-refractivity contribution >= 4 is 33.8 Å². The van der Waals surface area contributed by atoms with Crippen molar-refractivity contribution in [2.24, 2.45) is 0 Å². The van der Waals surface area contributed by atoms with E-state index in [9.17, 15) is 9.00 Å². The summed E-state index contributed by atoms with van der Waals surface area (Å²) in [6.07, 6.45) is 2.06. The second-order valence-electron chi connectivity index (χ2n) is 4.51. The lowest BCUT2D eigenvalue weighted by Crippen LogP contribution is -2.21. The summed E-state index contributed by atoms with van der Waals surface area (Å²) in [5, 5.41) is 6.00. The summed E-state index contributed by atoms with van der Waals surface area (Å²) in [4.78, 5) is 11.3. The first-order valence-electron chi connectivity index (χ1n) is 5.75. The van der Waals surface area contributed by atoms with Crippen LogP contribution < -0.4 is 16.4 Å². The number of nitrogens with two attached hydrogens (primary N) is 1.